The molecule has 0 saturated heterocycles. The Labute approximate surface area is 160 Å². The quantitative estimate of drug-likeness (QED) is 0.702. The molecule has 2 aromatic carbocycles. The molecule has 0 unspecified atom stereocenters. The van der Waals surface area contributed by atoms with E-state index >= 15 is 0 Å². The molecule has 0 atom stereocenters. The lowest BCUT2D eigenvalue weighted by Gasteiger charge is -2.15. The highest BCUT2D eigenvalue weighted by Crippen LogP contribution is 2.34. The van der Waals surface area contributed by atoms with E-state index in [0.717, 1.165) is 11.3 Å². The van der Waals surface area contributed by atoms with Gasteiger partial charge in [-0.15, -0.1) is 0 Å². The predicted octanol–water partition coefficient (Wildman–Crippen LogP) is 3.71. The number of carbonyl (C=O) groups is 1. The fourth-order valence-corrected chi connectivity index (χ4v) is 2.60. The van der Waals surface area contributed by atoms with Crippen molar-refractivity contribution < 1.29 is 19.0 Å². The number of rotatable bonds is 9. The summed E-state index contributed by atoms with van der Waals surface area (Å²) >= 11 is 0. The average Bonchev–Trinajstić information content (AvgIpc) is 2.69. The summed E-state index contributed by atoms with van der Waals surface area (Å²) < 4.78 is 16.1. The monoisotopic (exact) mass is 372 g/mol. The van der Waals surface area contributed by atoms with Crippen LogP contribution in [0.15, 0.2) is 36.4 Å². The minimum atomic E-state index is -0.0731. The Kier molecular flexibility index (Phi) is 7.34. The van der Waals surface area contributed by atoms with Gasteiger partial charge in [-0.1, -0.05) is 19.9 Å². The van der Waals surface area contributed by atoms with Crippen LogP contribution in [0, 0.1) is 5.92 Å². The highest BCUT2D eigenvalue weighted by atomic mass is 16.5. The van der Waals surface area contributed by atoms with Gasteiger partial charge in [0.15, 0.2) is 11.5 Å². The minimum Gasteiger partial charge on any atom is -0.496 e. The van der Waals surface area contributed by atoms with E-state index in [1.54, 1.807) is 33.5 Å². The van der Waals surface area contributed by atoms with Gasteiger partial charge in [0.05, 0.1) is 21.3 Å². The third kappa shape index (κ3) is 5.54. The first-order valence-electron chi connectivity index (χ1n) is 8.89. The number of hydrogen-bond donors (Lipinski definition) is 2. The molecule has 2 rings (SSSR count). The summed E-state index contributed by atoms with van der Waals surface area (Å²) in [5, 5.41) is 6.26. The van der Waals surface area contributed by atoms with Crippen LogP contribution in [-0.2, 0) is 6.54 Å². The third-order valence-electron chi connectivity index (χ3n) is 4.07. The summed E-state index contributed by atoms with van der Waals surface area (Å²) in [5.74, 6) is 2.29. The summed E-state index contributed by atoms with van der Waals surface area (Å²) in [6.07, 6.45) is 0. The molecule has 0 aliphatic rings. The Morgan fingerprint density at radius 3 is 2.26 bits per heavy atom. The van der Waals surface area contributed by atoms with Crippen LogP contribution in [-0.4, -0.2) is 33.8 Å². The van der Waals surface area contributed by atoms with Crippen LogP contribution in [0.2, 0.25) is 0 Å². The van der Waals surface area contributed by atoms with E-state index in [1.165, 1.54) is 0 Å². The van der Waals surface area contributed by atoms with Gasteiger partial charge >= 0.3 is 0 Å². The number of amides is 1. The second-order valence-electron chi connectivity index (χ2n) is 6.56. The molecule has 1 amide bonds. The van der Waals surface area contributed by atoms with Crippen molar-refractivity contribution in [2.75, 3.05) is 33.2 Å². The Morgan fingerprint density at radius 1 is 0.963 bits per heavy atom. The van der Waals surface area contributed by atoms with Crippen LogP contribution in [0.1, 0.15) is 29.8 Å². The van der Waals surface area contributed by atoms with E-state index < -0.39 is 0 Å². The summed E-state index contributed by atoms with van der Waals surface area (Å²) in [7, 11) is 4.80. The molecule has 0 spiro atoms. The normalized spacial score (nSPS) is 10.4. The lowest BCUT2D eigenvalue weighted by molar-refractivity contribution is 0.0949. The van der Waals surface area contributed by atoms with Crippen molar-refractivity contribution in [3.63, 3.8) is 0 Å². The Morgan fingerprint density at radius 2 is 1.63 bits per heavy atom. The van der Waals surface area contributed by atoms with Gasteiger partial charge < -0.3 is 24.8 Å². The van der Waals surface area contributed by atoms with Crippen LogP contribution < -0.4 is 24.8 Å². The standard InChI is InChI=1S/C21H28N2O4/c1-14(2)12-23-21(24)15-7-6-8-17(9-15)22-13-16-10-19(26-4)20(27-5)11-18(16)25-3/h6-11,14,22H,12-13H2,1-5H3,(H,23,24). The van der Waals surface area contributed by atoms with Crippen molar-refractivity contribution in [1.82, 2.24) is 5.32 Å². The molecule has 6 nitrogen and oxygen atoms in total. The molecule has 6 heteroatoms. The van der Waals surface area contributed by atoms with Crippen molar-refractivity contribution in [2.24, 2.45) is 5.92 Å². The largest absolute Gasteiger partial charge is 0.496 e. The zero-order chi connectivity index (χ0) is 19.8. The van der Waals surface area contributed by atoms with Gasteiger partial charge in [-0.3, -0.25) is 4.79 Å². The van der Waals surface area contributed by atoms with Gasteiger partial charge in [0.2, 0.25) is 0 Å². The Bertz CT molecular complexity index is 775. The SMILES string of the molecule is COc1cc(OC)c(OC)cc1CNc1cccc(C(=O)NCC(C)C)c1. The highest BCUT2D eigenvalue weighted by Gasteiger charge is 2.12. The van der Waals surface area contributed by atoms with E-state index in [9.17, 15) is 4.79 Å². The zero-order valence-electron chi connectivity index (χ0n) is 16.6. The molecule has 2 N–H and O–H groups in total. The maximum Gasteiger partial charge on any atom is 0.251 e. The minimum absolute atomic E-state index is 0.0731. The molecule has 0 radical (unpaired) electrons. The lowest BCUT2D eigenvalue weighted by atomic mass is 10.1. The fraction of sp³-hybridized carbons (Fsp3) is 0.381. The van der Waals surface area contributed by atoms with Crippen molar-refractivity contribution in [2.45, 2.75) is 20.4 Å². The average molecular weight is 372 g/mol. The van der Waals surface area contributed by atoms with Gasteiger partial charge in [0, 0.05) is 36.0 Å². The molecule has 0 aromatic heterocycles. The van der Waals surface area contributed by atoms with Crippen LogP contribution >= 0.6 is 0 Å². The summed E-state index contributed by atoms with van der Waals surface area (Å²) in [5.41, 5.74) is 2.40. The smallest absolute Gasteiger partial charge is 0.251 e. The number of methoxy groups -OCH3 is 3. The maximum absolute atomic E-state index is 12.2. The first kappa shape index (κ1) is 20.4. The van der Waals surface area contributed by atoms with E-state index in [-0.39, 0.29) is 5.91 Å². The molecular weight excluding hydrogens is 344 g/mol. The van der Waals surface area contributed by atoms with Crippen molar-refractivity contribution >= 4 is 11.6 Å². The van der Waals surface area contributed by atoms with E-state index in [0.29, 0.717) is 41.8 Å². The molecular formula is C21H28N2O4. The van der Waals surface area contributed by atoms with Gasteiger partial charge in [0.1, 0.15) is 5.75 Å². The van der Waals surface area contributed by atoms with Crippen LogP contribution in [0.25, 0.3) is 0 Å². The Hall–Kier alpha value is -2.89. The van der Waals surface area contributed by atoms with E-state index in [4.69, 9.17) is 14.2 Å². The maximum atomic E-state index is 12.2. The Balaban J connectivity index is 2.12. The van der Waals surface area contributed by atoms with Gasteiger partial charge in [-0.2, -0.15) is 0 Å². The number of nitrogens with one attached hydrogen (secondary N) is 2. The summed E-state index contributed by atoms with van der Waals surface area (Å²) in [4.78, 5) is 12.2. The molecule has 0 aliphatic heterocycles. The van der Waals surface area contributed by atoms with Crippen LogP contribution in [0.3, 0.4) is 0 Å². The van der Waals surface area contributed by atoms with Gasteiger partial charge in [-0.25, -0.2) is 0 Å². The fourth-order valence-electron chi connectivity index (χ4n) is 2.60. The number of ether oxygens (including phenoxy) is 3. The first-order chi connectivity index (χ1) is 13.0. The topological polar surface area (TPSA) is 68.8 Å². The molecule has 0 fully saturated rings. The first-order valence-corrected chi connectivity index (χ1v) is 8.89. The van der Waals surface area contributed by atoms with Crippen molar-refractivity contribution in [1.29, 1.82) is 0 Å². The number of benzene rings is 2. The van der Waals surface area contributed by atoms with Gasteiger partial charge in [-0.05, 0) is 30.2 Å². The molecule has 2 aromatic rings. The lowest BCUT2D eigenvalue weighted by Crippen LogP contribution is -2.27. The number of carbonyl (C=O) groups excluding carboxylic acids is 1. The molecule has 0 aliphatic carbocycles. The molecule has 0 heterocycles. The second-order valence-corrected chi connectivity index (χ2v) is 6.56. The van der Waals surface area contributed by atoms with Crippen LogP contribution in [0.4, 0.5) is 5.69 Å². The summed E-state index contributed by atoms with van der Waals surface area (Å²) in [6, 6.07) is 11.1. The zero-order valence-corrected chi connectivity index (χ0v) is 16.6. The number of anilines is 1. The molecule has 27 heavy (non-hydrogen) atoms. The highest BCUT2D eigenvalue weighted by molar-refractivity contribution is 5.95. The predicted molar refractivity (Wildman–Crippen MR) is 107 cm³/mol. The van der Waals surface area contributed by atoms with Crippen LogP contribution in [0.5, 0.6) is 17.2 Å². The third-order valence-corrected chi connectivity index (χ3v) is 4.07. The van der Waals surface area contributed by atoms with Gasteiger partial charge in [0.25, 0.3) is 5.91 Å². The van der Waals surface area contributed by atoms with E-state index in [1.807, 2.05) is 24.3 Å². The van der Waals surface area contributed by atoms with Crippen molar-refractivity contribution in [3.8, 4) is 17.2 Å². The summed E-state index contributed by atoms with van der Waals surface area (Å²) in [6.45, 7) is 5.30. The second kappa shape index (κ2) is 9.71. The van der Waals surface area contributed by atoms with Crippen molar-refractivity contribution in [3.05, 3.63) is 47.5 Å². The molecule has 146 valence electrons. The number of hydrogen-bond acceptors (Lipinski definition) is 5. The van der Waals surface area contributed by atoms with E-state index in [2.05, 4.69) is 24.5 Å². The molecule has 0 bridgehead atoms. The molecule has 0 saturated carbocycles.